The Kier molecular flexibility index (Phi) is 2.89. The molecule has 16 heavy (non-hydrogen) atoms. The normalized spacial score (nSPS) is 29.8. The fraction of sp³-hybridized carbons (Fsp3) is 0.615. The van der Waals surface area contributed by atoms with Crippen molar-refractivity contribution in [1.82, 2.24) is 15.6 Å². The first-order valence-electron chi connectivity index (χ1n) is 6.37. The number of nitrogens with zero attached hydrogens (tertiary/aromatic N) is 1. The molecule has 2 unspecified atom stereocenters. The molecule has 86 valence electrons. The Morgan fingerprint density at radius 2 is 1.50 bits per heavy atom. The molecule has 1 aromatic rings. The number of hydrogen-bond acceptors (Lipinski definition) is 3. The third-order valence-electron chi connectivity index (χ3n) is 3.63. The van der Waals surface area contributed by atoms with Crippen LogP contribution in [-0.2, 0) is 0 Å². The van der Waals surface area contributed by atoms with Gasteiger partial charge in [0.1, 0.15) is 0 Å². The van der Waals surface area contributed by atoms with E-state index in [0.717, 1.165) is 13.1 Å². The number of rotatable bonds is 2. The van der Waals surface area contributed by atoms with Crippen LogP contribution in [0.25, 0.3) is 0 Å². The Bertz CT molecular complexity index is 321. The molecule has 3 rings (SSSR count). The second-order valence-electron chi connectivity index (χ2n) is 4.79. The summed E-state index contributed by atoms with van der Waals surface area (Å²) in [7, 11) is 0. The molecule has 0 radical (unpaired) electrons. The molecular formula is C13H19N3. The summed E-state index contributed by atoms with van der Waals surface area (Å²) >= 11 is 0. The number of hydrogen-bond donors (Lipinski definition) is 2. The van der Waals surface area contributed by atoms with E-state index >= 15 is 0 Å². The van der Waals surface area contributed by atoms with Crippen LogP contribution in [0, 0.1) is 0 Å². The molecule has 0 aromatic carbocycles. The van der Waals surface area contributed by atoms with Crippen LogP contribution in [0.5, 0.6) is 0 Å². The zero-order valence-electron chi connectivity index (χ0n) is 9.58. The predicted molar refractivity (Wildman–Crippen MR) is 64.2 cm³/mol. The summed E-state index contributed by atoms with van der Waals surface area (Å²) in [6.45, 7) is 2.27. The van der Waals surface area contributed by atoms with Gasteiger partial charge in [0.15, 0.2) is 0 Å². The van der Waals surface area contributed by atoms with E-state index in [2.05, 4.69) is 28.8 Å². The van der Waals surface area contributed by atoms with E-state index in [1.807, 2.05) is 0 Å². The lowest BCUT2D eigenvalue weighted by atomic mass is 10.1. The van der Waals surface area contributed by atoms with E-state index in [4.69, 9.17) is 4.98 Å². The highest BCUT2D eigenvalue weighted by molar-refractivity contribution is 5.18. The van der Waals surface area contributed by atoms with Crippen molar-refractivity contribution in [3.63, 3.8) is 0 Å². The van der Waals surface area contributed by atoms with Gasteiger partial charge in [-0.3, -0.25) is 4.98 Å². The molecule has 3 heteroatoms. The van der Waals surface area contributed by atoms with Crippen LogP contribution in [0.15, 0.2) is 18.2 Å². The summed E-state index contributed by atoms with van der Waals surface area (Å²) in [5, 5.41) is 7.02. The average molecular weight is 217 g/mol. The standard InChI is InChI=1S/C13H19N3/c1-4-12(10-6-2-8-14-10)16-13(5-1)11-7-3-9-15-11/h1,4-5,10-11,14-15H,2-3,6-9H2. The quantitative estimate of drug-likeness (QED) is 0.795. The average Bonchev–Trinajstić information content (AvgIpc) is 3.03. The third kappa shape index (κ3) is 1.97. The molecule has 1 aromatic heterocycles. The van der Waals surface area contributed by atoms with Crippen molar-refractivity contribution in [1.29, 1.82) is 0 Å². The molecule has 3 heterocycles. The maximum absolute atomic E-state index is 4.81. The molecule has 0 amide bonds. The lowest BCUT2D eigenvalue weighted by molar-refractivity contribution is 0.593. The maximum atomic E-state index is 4.81. The maximum Gasteiger partial charge on any atom is 0.0577 e. The Morgan fingerprint density at radius 3 is 1.94 bits per heavy atom. The predicted octanol–water partition coefficient (Wildman–Crippen LogP) is 1.93. The smallest absolute Gasteiger partial charge is 0.0577 e. The first-order chi connectivity index (χ1) is 7.93. The minimum Gasteiger partial charge on any atom is -0.309 e. The van der Waals surface area contributed by atoms with Gasteiger partial charge in [0.05, 0.1) is 11.4 Å². The van der Waals surface area contributed by atoms with Crippen molar-refractivity contribution in [3.05, 3.63) is 29.6 Å². The molecule has 2 N–H and O–H groups in total. The molecule has 3 nitrogen and oxygen atoms in total. The molecule has 2 aliphatic heterocycles. The van der Waals surface area contributed by atoms with Crippen molar-refractivity contribution < 1.29 is 0 Å². The van der Waals surface area contributed by atoms with Gasteiger partial charge in [-0.2, -0.15) is 0 Å². The highest BCUT2D eigenvalue weighted by atomic mass is 15.0. The molecule has 2 fully saturated rings. The minimum atomic E-state index is 0.487. The van der Waals surface area contributed by atoms with Crippen molar-refractivity contribution >= 4 is 0 Å². The van der Waals surface area contributed by atoms with E-state index in [-0.39, 0.29) is 0 Å². The second kappa shape index (κ2) is 4.52. The largest absolute Gasteiger partial charge is 0.309 e. The Morgan fingerprint density at radius 1 is 0.938 bits per heavy atom. The van der Waals surface area contributed by atoms with Gasteiger partial charge in [-0.15, -0.1) is 0 Å². The Labute approximate surface area is 96.7 Å². The highest BCUT2D eigenvalue weighted by Gasteiger charge is 2.21. The number of nitrogens with one attached hydrogen (secondary N) is 2. The van der Waals surface area contributed by atoms with Crippen LogP contribution in [0.2, 0.25) is 0 Å². The van der Waals surface area contributed by atoms with Gasteiger partial charge in [0.25, 0.3) is 0 Å². The summed E-state index contributed by atoms with van der Waals surface area (Å²) in [6, 6.07) is 7.43. The van der Waals surface area contributed by atoms with E-state index in [0.29, 0.717) is 12.1 Å². The van der Waals surface area contributed by atoms with Crippen molar-refractivity contribution in [3.8, 4) is 0 Å². The van der Waals surface area contributed by atoms with Crippen molar-refractivity contribution in [2.24, 2.45) is 0 Å². The second-order valence-corrected chi connectivity index (χ2v) is 4.79. The molecule has 0 bridgehead atoms. The topological polar surface area (TPSA) is 37.0 Å². The van der Waals surface area contributed by atoms with Gasteiger partial charge in [-0.1, -0.05) is 6.07 Å². The van der Waals surface area contributed by atoms with E-state index in [1.165, 1.54) is 37.1 Å². The van der Waals surface area contributed by atoms with Gasteiger partial charge in [0.2, 0.25) is 0 Å². The molecule has 2 saturated heterocycles. The first-order valence-corrected chi connectivity index (χ1v) is 6.37. The monoisotopic (exact) mass is 217 g/mol. The van der Waals surface area contributed by atoms with E-state index in [9.17, 15) is 0 Å². The summed E-state index contributed by atoms with van der Waals surface area (Å²) in [5.74, 6) is 0. The zero-order chi connectivity index (χ0) is 10.8. The molecule has 2 atom stereocenters. The molecular weight excluding hydrogens is 198 g/mol. The number of aromatic nitrogens is 1. The van der Waals surface area contributed by atoms with Crippen LogP contribution < -0.4 is 10.6 Å². The minimum absolute atomic E-state index is 0.487. The lowest BCUT2D eigenvalue weighted by Gasteiger charge is -2.14. The summed E-state index contributed by atoms with van der Waals surface area (Å²) < 4.78 is 0. The van der Waals surface area contributed by atoms with Gasteiger partial charge in [-0.05, 0) is 50.9 Å². The van der Waals surface area contributed by atoms with Crippen LogP contribution in [0.1, 0.15) is 49.2 Å². The zero-order valence-corrected chi connectivity index (χ0v) is 9.58. The number of pyridine rings is 1. The van der Waals surface area contributed by atoms with Crippen LogP contribution in [0.3, 0.4) is 0 Å². The highest BCUT2D eigenvalue weighted by Crippen LogP contribution is 2.25. The Balaban J connectivity index is 1.81. The van der Waals surface area contributed by atoms with Gasteiger partial charge < -0.3 is 10.6 Å². The fourth-order valence-corrected chi connectivity index (χ4v) is 2.73. The van der Waals surface area contributed by atoms with Crippen molar-refractivity contribution in [2.75, 3.05) is 13.1 Å². The Hall–Kier alpha value is -0.930. The third-order valence-corrected chi connectivity index (χ3v) is 3.63. The summed E-state index contributed by atoms with van der Waals surface area (Å²) in [6.07, 6.45) is 5.01. The summed E-state index contributed by atoms with van der Waals surface area (Å²) in [5.41, 5.74) is 2.45. The van der Waals surface area contributed by atoms with Gasteiger partial charge >= 0.3 is 0 Å². The molecule has 0 spiro atoms. The van der Waals surface area contributed by atoms with E-state index < -0.39 is 0 Å². The van der Waals surface area contributed by atoms with Gasteiger partial charge in [0, 0.05) is 12.1 Å². The first kappa shape index (κ1) is 10.2. The molecule has 0 saturated carbocycles. The lowest BCUT2D eigenvalue weighted by Crippen LogP contribution is -2.18. The molecule has 0 aliphatic carbocycles. The molecule has 2 aliphatic rings. The SMILES string of the molecule is c1cc(C2CCCN2)nc(C2CCCN2)c1. The van der Waals surface area contributed by atoms with Gasteiger partial charge in [-0.25, -0.2) is 0 Å². The van der Waals surface area contributed by atoms with E-state index in [1.54, 1.807) is 0 Å². The summed E-state index contributed by atoms with van der Waals surface area (Å²) in [4.78, 5) is 4.81. The van der Waals surface area contributed by atoms with Crippen LogP contribution in [-0.4, -0.2) is 18.1 Å². The fourth-order valence-electron chi connectivity index (χ4n) is 2.73. The van der Waals surface area contributed by atoms with Crippen LogP contribution >= 0.6 is 0 Å². The van der Waals surface area contributed by atoms with Crippen LogP contribution in [0.4, 0.5) is 0 Å². The van der Waals surface area contributed by atoms with Crippen molar-refractivity contribution in [2.45, 2.75) is 37.8 Å².